The van der Waals surface area contributed by atoms with Gasteiger partial charge in [-0.3, -0.25) is 5.10 Å². The third-order valence-corrected chi connectivity index (χ3v) is 3.57. The van der Waals surface area contributed by atoms with Crippen LogP contribution in [0.4, 0.5) is 5.82 Å². The van der Waals surface area contributed by atoms with Crippen molar-refractivity contribution in [2.24, 2.45) is 0 Å². The Morgan fingerprint density at radius 1 is 1.22 bits per heavy atom. The monoisotopic (exact) mass is 256 g/mol. The van der Waals surface area contributed by atoms with E-state index in [1.807, 2.05) is 42.7 Å². The molecule has 5 heteroatoms. The first-order chi connectivity index (χ1) is 8.79. The molecule has 2 heterocycles. The van der Waals surface area contributed by atoms with Crippen LogP contribution < -0.4 is 5.73 Å². The summed E-state index contributed by atoms with van der Waals surface area (Å²) in [7, 11) is 0. The SMILES string of the molecule is CSc1cc(-c2ccccc2)nc2n[nH]c(N)c12. The molecule has 18 heavy (non-hydrogen) atoms. The lowest BCUT2D eigenvalue weighted by Gasteiger charge is -2.04. The number of H-pyrrole nitrogens is 1. The molecule has 0 aliphatic rings. The molecule has 3 aromatic rings. The van der Waals surface area contributed by atoms with Gasteiger partial charge in [-0.1, -0.05) is 30.3 Å². The number of nitrogen functional groups attached to an aromatic ring is 1. The first-order valence-corrected chi connectivity index (χ1v) is 6.76. The Labute approximate surface area is 109 Å². The van der Waals surface area contributed by atoms with E-state index in [2.05, 4.69) is 15.2 Å². The van der Waals surface area contributed by atoms with E-state index in [1.165, 1.54) is 0 Å². The molecule has 0 bridgehead atoms. The first kappa shape index (κ1) is 11.1. The van der Waals surface area contributed by atoms with Gasteiger partial charge in [0.2, 0.25) is 0 Å². The van der Waals surface area contributed by atoms with Gasteiger partial charge in [0, 0.05) is 10.5 Å². The summed E-state index contributed by atoms with van der Waals surface area (Å²) >= 11 is 1.65. The van der Waals surface area contributed by atoms with E-state index >= 15 is 0 Å². The fourth-order valence-corrected chi connectivity index (χ4v) is 2.56. The fraction of sp³-hybridized carbons (Fsp3) is 0.0769. The lowest BCUT2D eigenvalue weighted by Crippen LogP contribution is -1.89. The predicted octanol–water partition coefficient (Wildman–Crippen LogP) is 2.93. The molecule has 0 spiro atoms. The topological polar surface area (TPSA) is 67.6 Å². The van der Waals surface area contributed by atoms with Gasteiger partial charge in [0.1, 0.15) is 5.82 Å². The number of aromatic nitrogens is 3. The molecule has 0 atom stereocenters. The van der Waals surface area contributed by atoms with Crippen LogP contribution in [0.5, 0.6) is 0 Å². The number of nitrogens with zero attached hydrogens (tertiary/aromatic N) is 2. The van der Waals surface area contributed by atoms with Crippen LogP contribution in [0.25, 0.3) is 22.3 Å². The summed E-state index contributed by atoms with van der Waals surface area (Å²) in [6.07, 6.45) is 2.02. The second kappa shape index (κ2) is 4.34. The number of anilines is 1. The average Bonchev–Trinajstić information content (AvgIpc) is 2.81. The van der Waals surface area contributed by atoms with E-state index in [9.17, 15) is 0 Å². The molecule has 0 aliphatic heterocycles. The Morgan fingerprint density at radius 2 is 2.00 bits per heavy atom. The molecule has 0 saturated heterocycles. The molecule has 1 aromatic carbocycles. The van der Waals surface area contributed by atoms with Crippen LogP contribution in [-0.2, 0) is 0 Å². The zero-order valence-electron chi connectivity index (χ0n) is 9.84. The molecule has 90 valence electrons. The number of aromatic amines is 1. The molecule has 0 radical (unpaired) electrons. The third-order valence-electron chi connectivity index (χ3n) is 2.81. The second-order valence-electron chi connectivity index (χ2n) is 3.91. The summed E-state index contributed by atoms with van der Waals surface area (Å²) in [4.78, 5) is 5.63. The molecule has 0 fully saturated rings. The largest absolute Gasteiger partial charge is 0.383 e. The van der Waals surface area contributed by atoms with Gasteiger partial charge in [0.15, 0.2) is 5.65 Å². The molecular formula is C13H12N4S. The van der Waals surface area contributed by atoms with E-state index in [0.29, 0.717) is 11.5 Å². The summed E-state index contributed by atoms with van der Waals surface area (Å²) in [5.41, 5.74) is 8.53. The summed E-state index contributed by atoms with van der Waals surface area (Å²) in [6.45, 7) is 0. The van der Waals surface area contributed by atoms with Crippen molar-refractivity contribution in [1.82, 2.24) is 15.2 Å². The van der Waals surface area contributed by atoms with Crippen molar-refractivity contribution in [2.45, 2.75) is 4.90 Å². The van der Waals surface area contributed by atoms with Crippen molar-refractivity contribution >= 4 is 28.6 Å². The van der Waals surface area contributed by atoms with E-state index in [0.717, 1.165) is 21.5 Å². The predicted molar refractivity (Wildman–Crippen MR) is 75.5 cm³/mol. The lowest BCUT2D eigenvalue weighted by atomic mass is 10.1. The Morgan fingerprint density at radius 3 is 2.72 bits per heavy atom. The van der Waals surface area contributed by atoms with Gasteiger partial charge < -0.3 is 5.73 Å². The van der Waals surface area contributed by atoms with E-state index in [-0.39, 0.29) is 0 Å². The maximum Gasteiger partial charge on any atom is 0.184 e. The average molecular weight is 256 g/mol. The van der Waals surface area contributed by atoms with Gasteiger partial charge in [-0.25, -0.2) is 4.98 Å². The fourth-order valence-electron chi connectivity index (χ4n) is 1.93. The number of hydrogen-bond acceptors (Lipinski definition) is 4. The van der Waals surface area contributed by atoms with Crippen LogP contribution in [0.3, 0.4) is 0 Å². The maximum atomic E-state index is 5.87. The van der Waals surface area contributed by atoms with E-state index < -0.39 is 0 Å². The zero-order valence-corrected chi connectivity index (χ0v) is 10.7. The number of rotatable bonds is 2. The summed E-state index contributed by atoms with van der Waals surface area (Å²) < 4.78 is 0. The van der Waals surface area contributed by atoms with Gasteiger partial charge in [-0.2, -0.15) is 5.10 Å². The zero-order chi connectivity index (χ0) is 12.5. The van der Waals surface area contributed by atoms with Crippen molar-refractivity contribution < 1.29 is 0 Å². The van der Waals surface area contributed by atoms with Crippen molar-refractivity contribution in [2.75, 3.05) is 12.0 Å². The Kier molecular flexibility index (Phi) is 2.68. The number of thioether (sulfide) groups is 1. The van der Waals surface area contributed by atoms with Gasteiger partial charge in [0.25, 0.3) is 0 Å². The highest BCUT2D eigenvalue weighted by Gasteiger charge is 2.11. The highest BCUT2D eigenvalue weighted by Crippen LogP contribution is 2.32. The highest BCUT2D eigenvalue weighted by molar-refractivity contribution is 7.98. The van der Waals surface area contributed by atoms with Crippen molar-refractivity contribution in [3.63, 3.8) is 0 Å². The minimum atomic E-state index is 0.571. The van der Waals surface area contributed by atoms with Crippen molar-refractivity contribution in [3.8, 4) is 11.3 Å². The van der Waals surface area contributed by atoms with Crippen LogP contribution in [-0.4, -0.2) is 21.4 Å². The molecule has 0 aliphatic carbocycles. The quantitative estimate of drug-likeness (QED) is 0.692. The summed E-state index contributed by atoms with van der Waals surface area (Å²) in [6, 6.07) is 12.1. The van der Waals surface area contributed by atoms with Crippen LogP contribution >= 0.6 is 11.8 Å². The smallest absolute Gasteiger partial charge is 0.184 e. The maximum absolute atomic E-state index is 5.87. The number of fused-ring (bicyclic) bond motifs is 1. The number of nitrogens with one attached hydrogen (secondary N) is 1. The van der Waals surface area contributed by atoms with Crippen molar-refractivity contribution in [3.05, 3.63) is 36.4 Å². The van der Waals surface area contributed by atoms with E-state index in [4.69, 9.17) is 5.73 Å². The van der Waals surface area contributed by atoms with E-state index in [1.54, 1.807) is 11.8 Å². The molecule has 2 aromatic heterocycles. The summed E-state index contributed by atoms with van der Waals surface area (Å²) in [5.74, 6) is 0.571. The third kappa shape index (κ3) is 1.73. The minimum absolute atomic E-state index is 0.571. The van der Waals surface area contributed by atoms with Crippen LogP contribution in [0.1, 0.15) is 0 Å². The van der Waals surface area contributed by atoms with Crippen molar-refractivity contribution in [1.29, 1.82) is 0 Å². The lowest BCUT2D eigenvalue weighted by molar-refractivity contribution is 1.10. The van der Waals surface area contributed by atoms with Crippen LogP contribution in [0.2, 0.25) is 0 Å². The molecule has 3 N–H and O–H groups in total. The number of pyridine rings is 1. The normalized spacial score (nSPS) is 10.9. The molecule has 4 nitrogen and oxygen atoms in total. The van der Waals surface area contributed by atoms with Gasteiger partial charge in [-0.15, -0.1) is 11.8 Å². The molecule has 3 rings (SSSR count). The van der Waals surface area contributed by atoms with Gasteiger partial charge in [-0.05, 0) is 12.3 Å². The number of benzene rings is 1. The highest BCUT2D eigenvalue weighted by atomic mass is 32.2. The molecule has 0 saturated carbocycles. The Bertz CT molecular complexity index is 691. The summed E-state index contributed by atoms with van der Waals surface area (Å²) in [5, 5.41) is 7.83. The molecule has 0 amide bonds. The number of hydrogen-bond donors (Lipinski definition) is 2. The van der Waals surface area contributed by atoms with Crippen LogP contribution in [0, 0.1) is 0 Å². The second-order valence-corrected chi connectivity index (χ2v) is 4.76. The van der Waals surface area contributed by atoms with Crippen LogP contribution in [0.15, 0.2) is 41.3 Å². The van der Waals surface area contributed by atoms with Gasteiger partial charge in [0.05, 0.1) is 11.1 Å². The number of nitrogens with two attached hydrogens (primary N) is 1. The standard InChI is InChI=1S/C13H12N4S/c1-18-10-7-9(8-5-3-2-4-6-8)15-13-11(10)12(14)16-17-13/h2-7H,1H3,(H3,14,15,16,17). The molecule has 0 unspecified atom stereocenters. The molecular weight excluding hydrogens is 244 g/mol. The first-order valence-electron chi connectivity index (χ1n) is 5.53. The minimum Gasteiger partial charge on any atom is -0.383 e. The Balaban J connectivity index is 2.27. The Hall–Kier alpha value is -2.01. The van der Waals surface area contributed by atoms with Gasteiger partial charge >= 0.3 is 0 Å².